The minimum Gasteiger partial charge on any atom is -0.337 e. The molecule has 24 heavy (non-hydrogen) atoms. The number of halogens is 1. The quantitative estimate of drug-likeness (QED) is 0.868. The summed E-state index contributed by atoms with van der Waals surface area (Å²) in [6.07, 6.45) is 3.20. The monoisotopic (exact) mass is 348 g/mol. The van der Waals surface area contributed by atoms with E-state index in [1.165, 1.54) is 0 Å². The minimum absolute atomic E-state index is 0.0642. The molecular formula is C16H21ClN6O. The van der Waals surface area contributed by atoms with E-state index in [2.05, 4.69) is 32.2 Å². The van der Waals surface area contributed by atoms with Crippen LogP contribution in [-0.4, -0.2) is 32.8 Å². The molecule has 0 aliphatic heterocycles. The van der Waals surface area contributed by atoms with Crippen molar-refractivity contribution in [1.29, 1.82) is 0 Å². The Bertz CT molecular complexity index is 727. The second kappa shape index (κ2) is 6.76. The van der Waals surface area contributed by atoms with Gasteiger partial charge in [-0.3, -0.25) is 0 Å². The highest BCUT2D eigenvalue weighted by molar-refractivity contribution is 6.31. The second-order valence-corrected chi connectivity index (χ2v) is 6.73. The summed E-state index contributed by atoms with van der Waals surface area (Å²) in [7, 11) is 1.74. The number of hydrogen-bond acceptors (Lipinski definition) is 4. The molecule has 2 N–H and O–H groups in total. The minimum atomic E-state index is -0.275. The number of amides is 2. The summed E-state index contributed by atoms with van der Waals surface area (Å²) >= 11 is 6.35. The Labute approximate surface area is 145 Å². The fourth-order valence-electron chi connectivity index (χ4n) is 3.20. The molecule has 2 amide bonds. The second-order valence-electron chi connectivity index (χ2n) is 6.32. The van der Waals surface area contributed by atoms with Crippen LogP contribution in [0.15, 0.2) is 24.3 Å². The number of tetrazole rings is 1. The number of nitrogens with one attached hydrogen (secondary N) is 2. The standard InChI is InChI=1S/C16H21ClN6O/c1-11(14-20-21-22-23(14)2)19-15(24)18-10-16(8-5-9-16)12-6-3-4-7-13(12)17/h3-4,6-7,11H,5,8-10H2,1-2H3,(H2,18,19,24)/t11-/m0/s1. The lowest BCUT2D eigenvalue weighted by Gasteiger charge is -2.43. The number of benzene rings is 1. The molecular weight excluding hydrogens is 328 g/mol. The van der Waals surface area contributed by atoms with E-state index >= 15 is 0 Å². The van der Waals surface area contributed by atoms with Gasteiger partial charge in [0.2, 0.25) is 0 Å². The lowest BCUT2D eigenvalue weighted by molar-refractivity contribution is 0.212. The van der Waals surface area contributed by atoms with Crippen LogP contribution in [0, 0.1) is 0 Å². The number of carbonyl (C=O) groups excluding carboxylic acids is 1. The lowest BCUT2D eigenvalue weighted by atomic mass is 9.64. The fourth-order valence-corrected chi connectivity index (χ4v) is 3.54. The summed E-state index contributed by atoms with van der Waals surface area (Å²) < 4.78 is 1.54. The molecule has 1 heterocycles. The normalized spacial score (nSPS) is 17.0. The highest BCUT2D eigenvalue weighted by Crippen LogP contribution is 2.45. The van der Waals surface area contributed by atoms with Crippen LogP contribution in [0.25, 0.3) is 0 Å². The van der Waals surface area contributed by atoms with Gasteiger partial charge in [0.05, 0.1) is 6.04 Å². The molecule has 2 aromatic rings. The van der Waals surface area contributed by atoms with Crippen molar-refractivity contribution in [3.63, 3.8) is 0 Å². The van der Waals surface area contributed by atoms with E-state index in [9.17, 15) is 4.79 Å². The van der Waals surface area contributed by atoms with Crippen molar-refractivity contribution in [1.82, 2.24) is 30.8 Å². The number of rotatable bonds is 5. The largest absolute Gasteiger partial charge is 0.337 e. The molecule has 0 bridgehead atoms. The van der Waals surface area contributed by atoms with E-state index in [1.807, 2.05) is 25.1 Å². The Morgan fingerprint density at radius 2 is 2.17 bits per heavy atom. The van der Waals surface area contributed by atoms with Crippen molar-refractivity contribution >= 4 is 17.6 Å². The van der Waals surface area contributed by atoms with Gasteiger partial charge in [-0.15, -0.1) is 5.10 Å². The van der Waals surface area contributed by atoms with E-state index in [0.717, 1.165) is 29.8 Å². The van der Waals surface area contributed by atoms with Gasteiger partial charge in [-0.05, 0) is 41.8 Å². The van der Waals surface area contributed by atoms with Gasteiger partial charge in [0.25, 0.3) is 0 Å². The van der Waals surface area contributed by atoms with Gasteiger partial charge in [0.15, 0.2) is 5.82 Å². The molecule has 1 aromatic heterocycles. The average Bonchev–Trinajstić information content (AvgIpc) is 2.94. The summed E-state index contributed by atoms with van der Waals surface area (Å²) in [5.74, 6) is 0.606. The van der Waals surface area contributed by atoms with E-state index in [4.69, 9.17) is 11.6 Å². The topological polar surface area (TPSA) is 84.7 Å². The van der Waals surface area contributed by atoms with E-state index in [-0.39, 0.29) is 17.5 Å². The van der Waals surface area contributed by atoms with Crippen LogP contribution in [0.4, 0.5) is 4.79 Å². The van der Waals surface area contributed by atoms with Gasteiger partial charge in [-0.2, -0.15) is 0 Å². The van der Waals surface area contributed by atoms with Crippen molar-refractivity contribution in [2.45, 2.75) is 37.6 Å². The summed E-state index contributed by atoms with van der Waals surface area (Å²) in [5, 5.41) is 17.9. The van der Waals surface area contributed by atoms with Crippen LogP contribution in [0.1, 0.15) is 43.6 Å². The Kier molecular flexibility index (Phi) is 4.71. The van der Waals surface area contributed by atoms with Crippen LogP contribution in [0.3, 0.4) is 0 Å². The predicted octanol–water partition coefficient (Wildman–Crippen LogP) is 2.35. The van der Waals surface area contributed by atoms with Gasteiger partial charge >= 0.3 is 6.03 Å². The number of carbonyl (C=O) groups is 1. The maximum absolute atomic E-state index is 12.2. The number of aromatic nitrogens is 4. The molecule has 8 heteroatoms. The van der Waals surface area contributed by atoms with Gasteiger partial charge in [-0.1, -0.05) is 36.2 Å². The van der Waals surface area contributed by atoms with Crippen molar-refractivity contribution in [3.8, 4) is 0 Å². The molecule has 1 atom stereocenters. The van der Waals surface area contributed by atoms with Crippen LogP contribution in [-0.2, 0) is 12.5 Å². The predicted molar refractivity (Wildman–Crippen MR) is 90.7 cm³/mol. The van der Waals surface area contributed by atoms with Gasteiger partial charge < -0.3 is 10.6 Å². The first kappa shape index (κ1) is 16.7. The molecule has 0 unspecified atom stereocenters. The summed E-state index contributed by atoms with van der Waals surface area (Å²) in [6.45, 7) is 2.41. The molecule has 3 rings (SSSR count). The zero-order chi connectivity index (χ0) is 17.2. The number of urea groups is 1. The summed E-state index contributed by atoms with van der Waals surface area (Å²) in [4.78, 5) is 12.2. The van der Waals surface area contributed by atoms with E-state index < -0.39 is 0 Å². The van der Waals surface area contributed by atoms with Crippen LogP contribution >= 0.6 is 11.6 Å². The number of nitrogens with zero attached hydrogens (tertiary/aromatic N) is 4. The van der Waals surface area contributed by atoms with Crippen molar-refractivity contribution in [3.05, 3.63) is 40.7 Å². The first-order chi connectivity index (χ1) is 11.5. The molecule has 1 aromatic carbocycles. The maximum Gasteiger partial charge on any atom is 0.315 e. The molecule has 0 saturated heterocycles. The molecule has 0 radical (unpaired) electrons. The fraction of sp³-hybridized carbons (Fsp3) is 0.500. The highest BCUT2D eigenvalue weighted by Gasteiger charge is 2.40. The molecule has 128 valence electrons. The summed E-state index contributed by atoms with van der Waals surface area (Å²) in [5.41, 5.74) is 1.05. The smallest absolute Gasteiger partial charge is 0.315 e. The third-order valence-corrected chi connectivity index (χ3v) is 5.06. The van der Waals surface area contributed by atoms with Crippen LogP contribution in [0.2, 0.25) is 5.02 Å². The molecule has 1 saturated carbocycles. The van der Waals surface area contributed by atoms with Gasteiger partial charge in [0, 0.05) is 24.0 Å². The molecule has 1 fully saturated rings. The van der Waals surface area contributed by atoms with Crippen molar-refractivity contribution < 1.29 is 4.79 Å². The first-order valence-corrected chi connectivity index (χ1v) is 8.41. The number of aryl methyl sites for hydroxylation is 1. The van der Waals surface area contributed by atoms with Crippen LogP contribution < -0.4 is 10.6 Å². The lowest BCUT2D eigenvalue weighted by Crippen LogP contribution is -2.48. The van der Waals surface area contributed by atoms with Gasteiger partial charge in [-0.25, -0.2) is 9.48 Å². The molecule has 0 spiro atoms. The Morgan fingerprint density at radius 1 is 1.42 bits per heavy atom. The third kappa shape index (κ3) is 3.21. The first-order valence-electron chi connectivity index (χ1n) is 8.03. The number of hydrogen-bond donors (Lipinski definition) is 2. The Hall–Kier alpha value is -2.15. The highest BCUT2D eigenvalue weighted by atomic mass is 35.5. The van der Waals surface area contributed by atoms with E-state index in [1.54, 1.807) is 11.7 Å². The average molecular weight is 349 g/mol. The SMILES string of the molecule is C[C@H](NC(=O)NCC1(c2ccccc2Cl)CCC1)c1nnnn1C. The molecule has 1 aliphatic rings. The Balaban J connectivity index is 1.61. The zero-order valence-corrected chi connectivity index (χ0v) is 14.5. The van der Waals surface area contributed by atoms with Crippen molar-refractivity contribution in [2.75, 3.05) is 6.54 Å². The van der Waals surface area contributed by atoms with Crippen LogP contribution in [0.5, 0.6) is 0 Å². The van der Waals surface area contributed by atoms with E-state index in [0.29, 0.717) is 12.4 Å². The van der Waals surface area contributed by atoms with Gasteiger partial charge in [0.1, 0.15) is 0 Å². The molecule has 7 nitrogen and oxygen atoms in total. The maximum atomic E-state index is 12.2. The summed E-state index contributed by atoms with van der Waals surface area (Å²) in [6, 6.07) is 7.36. The zero-order valence-electron chi connectivity index (χ0n) is 13.8. The Morgan fingerprint density at radius 3 is 2.75 bits per heavy atom. The molecule has 1 aliphatic carbocycles. The van der Waals surface area contributed by atoms with Crippen molar-refractivity contribution in [2.24, 2.45) is 7.05 Å². The third-order valence-electron chi connectivity index (χ3n) is 4.73.